The zero-order valence-electron chi connectivity index (χ0n) is 7.79. The zero-order chi connectivity index (χ0) is 8.48. The predicted molar refractivity (Wildman–Crippen MR) is 59.9 cm³/mol. The second kappa shape index (κ2) is 3.94. The van der Waals surface area contributed by atoms with E-state index in [1.54, 1.807) is 0 Å². The van der Waals surface area contributed by atoms with Gasteiger partial charge in [-0.05, 0) is 23.1 Å². The lowest BCUT2D eigenvalue weighted by molar-refractivity contribution is 0.590. The van der Waals surface area contributed by atoms with Gasteiger partial charge in [0.1, 0.15) is 0 Å². The Hall–Kier alpha value is -0.500. The molecule has 1 aromatic rings. The maximum absolute atomic E-state index is 5.57. The van der Waals surface area contributed by atoms with Gasteiger partial charge in [-0.2, -0.15) is 0 Å². The van der Waals surface area contributed by atoms with Gasteiger partial charge in [-0.1, -0.05) is 32.9 Å². The SMILES string of the molecule is Br.CC(C)(C)c1ccc(N)cc1. The van der Waals surface area contributed by atoms with Crippen molar-refractivity contribution in [2.24, 2.45) is 0 Å². The zero-order valence-corrected chi connectivity index (χ0v) is 9.51. The van der Waals surface area contributed by atoms with Crippen LogP contribution in [0.4, 0.5) is 5.69 Å². The van der Waals surface area contributed by atoms with Crippen LogP contribution in [0.25, 0.3) is 0 Å². The van der Waals surface area contributed by atoms with E-state index >= 15 is 0 Å². The fourth-order valence-electron chi connectivity index (χ4n) is 0.983. The molecule has 0 fully saturated rings. The number of hydrogen-bond donors (Lipinski definition) is 1. The Kier molecular flexibility index (Phi) is 3.78. The van der Waals surface area contributed by atoms with Crippen molar-refractivity contribution in [3.05, 3.63) is 29.8 Å². The van der Waals surface area contributed by atoms with E-state index in [1.165, 1.54) is 5.56 Å². The largest absolute Gasteiger partial charge is 0.399 e. The van der Waals surface area contributed by atoms with Crippen LogP contribution in [0.15, 0.2) is 24.3 Å². The van der Waals surface area contributed by atoms with Crippen molar-refractivity contribution in [3.8, 4) is 0 Å². The monoisotopic (exact) mass is 229 g/mol. The minimum absolute atomic E-state index is 0. The van der Waals surface area contributed by atoms with Crippen molar-refractivity contribution in [2.45, 2.75) is 26.2 Å². The molecule has 12 heavy (non-hydrogen) atoms. The Morgan fingerprint density at radius 2 is 1.42 bits per heavy atom. The molecule has 0 bridgehead atoms. The highest BCUT2D eigenvalue weighted by Crippen LogP contribution is 2.22. The molecule has 2 N–H and O–H groups in total. The molecule has 0 aliphatic carbocycles. The van der Waals surface area contributed by atoms with Crippen molar-refractivity contribution >= 4 is 22.7 Å². The van der Waals surface area contributed by atoms with Gasteiger partial charge in [-0.25, -0.2) is 0 Å². The van der Waals surface area contributed by atoms with E-state index in [1.807, 2.05) is 12.1 Å². The molecule has 0 atom stereocenters. The number of hydrogen-bond acceptors (Lipinski definition) is 1. The summed E-state index contributed by atoms with van der Waals surface area (Å²) >= 11 is 0. The fraction of sp³-hybridized carbons (Fsp3) is 0.400. The summed E-state index contributed by atoms with van der Waals surface area (Å²) in [6.07, 6.45) is 0. The number of nitrogen functional groups attached to an aromatic ring is 1. The van der Waals surface area contributed by atoms with Gasteiger partial charge in [-0.3, -0.25) is 0 Å². The van der Waals surface area contributed by atoms with Gasteiger partial charge in [0.05, 0.1) is 0 Å². The van der Waals surface area contributed by atoms with Crippen LogP contribution >= 0.6 is 17.0 Å². The van der Waals surface area contributed by atoms with Crippen LogP contribution in [0.5, 0.6) is 0 Å². The molecule has 0 aliphatic rings. The molecule has 0 unspecified atom stereocenters. The van der Waals surface area contributed by atoms with Gasteiger partial charge in [0.2, 0.25) is 0 Å². The highest BCUT2D eigenvalue weighted by atomic mass is 79.9. The highest BCUT2D eigenvalue weighted by molar-refractivity contribution is 8.93. The van der Waals surface area contributed by atoms with Crippen molar-refractivity contribution < 1.29 is 0 Å². The second-order valence-electron chi connectivity index (χ2n) is 3.87. The van der Waals surface area contributed by atoms with E-state index in [0.29, 0.717) is 0 Å². The number of nitrogens with two attached hydrogens (primary N) is 1. The van der Waals surface area contributed by atoms with Gasteiger partial charge in [-0.15, -0.1) is 17.0 Å². The topological polar surface area (TPSA) is 26.0 Å². The van der Waals surface area contributed by atoms with Crippen LogP contribution in [0.2, 0.25) is 0 Å². The molecule has 1 rings (SSSR count). The van der Waals surface area contributed by atoms with Crippen LogP contribution < -0.4 is 5.73 Å². The van der Waals surface area contributed by atoms with E-state index in [0.717, 1.165) is 5.69 Å². The average molecular weight is 230 g/mol. The molecular weight excluding hydrogens is 214 g/mol. The van der Waals surface area contributed by atoms with Crippen LogP contribution in [0.3, 0.4) is 0 Å². The van der Waals surface area contributed by atoms with E-state index in [-0.39, 0.29) is 22.4 Å². The van der Waals surface area contributed by atoms with Crippen LogP contribution in [-0.4, -0.2) is 0 Å². The number of benzene rings is 1. The molecule has 0 aliphatic heterocycles. The summed E-state index contributed by atoms with van der Waals surface area (Å²) in [5, 5.41) is 0. The van der Waals surface area contributed by atoms with Crippen LogP contribution in [0.1, 0.15) is 26.3 Å². The van der Waals surface area contributed by atoms with Gasteiger partial charge in [0, 0.05) is 5.69 Å². The van der Waals surface area contributed by atoms with Crippen molar-refractivity contribution in [2.75, 3.05) is 5.73 Å². The molecule has 0 saturated heterocycles. The molecular formula is C10H16BrN. The number of halogens is 1. The molecule has 0 heterocycles. The first kappa shape index (κ1) is 11.5. The highest BCUT2D eigenvalue weighted by Gasteiger charge is 2.11. The third kappa shape index (κ3) is 2.86. The number of rotatable bonds is 0. The summed E-state index contributed by atoms with van der Waals surface area (Å²) in [6, 6.07) is 8.05. The summed E-state index contributed by atoms with van der Waals surface area (Å²) in [5.41, 5.74) is 7.96. The van der Waals surface area contributed by atoms with E-state index in [9.17, 15) is 0 Å². The first-order valence-corrected chi connectivity index (χ1v) is 3.86. The Bertz CT molecular complexity index is 233. The van der Waals surface area contributed by atoms with E-state index in [2.05, 4.69) is 32.9 Å². The number of anilines is 1. The summed E-state index contributed by atoms with van der Waals surface area (Å²) in [5.74, 6) is 0. The Labute approximate surface area is 84.7 Å². The Balaban J connectivity index is 0.00000121. The molecule has 2 heteroatoms. The minimum Gasteiger partial charge on any atom is -0.399 e. The normalized spacial score (nSPS) is 10.6. The van der Waals surface area contributed by atoms with E-state index in [4.69, 9.17) is 5.73 Å². The summed E-state index contributed by atoms with van der Waals surface area (Å²) in [6.45, 7) is 6.58. The quantitative estimate of drug-likeness (QED) is 0.681. The standard InChI is InChI=1S/C10H15N.BrH/c1-10(2,3)8-4-6-9(11)7-5-8;/h4-7H,11H2,1-3H3;1H. The lowest BCUT2D eigenvalue weighted by atomic mass is 9.87. The maximum Gasteiger partial charge on any atom is 0.0314 e. The third-order valence-electron chi connectivity index (χ3n) is 1.78. The van der Waals surface area contributed by atoms with Crippen molar-refractivity contribution in [3.63, 3.8) is 0 Å². The van der Waals surface area contributed by atoms with Gasteiger partial charge >= 0.3 is 0 Å². The van der Waals surface area contributed by atoms with Crippen molar-refractivity contribution in [1.82, 2.24) is 0 Å². The van der Waals surface area contributed by atoms with Crippen LogP contribution in [-0.2, 0) is 5.41 Å². The average Bonchev–Trinajstić information content (AvgIpc) is 1.86. The maximum atomic E-state index is 5.57. The first-order chi connectivity index (χ1) is 5.00. The summed E-state index contributed by atoms with van der Waals surface area (Å²) < 4.78 is 0. The van der Waals surface area contributed by atoms with Gasteiger partial charge < -0.3 is 5.73 Å². The summed E-state index contributed by atoms with van der Waals surface area (Å²) in [7, 11) is 0. The smallest absolute Gasteiger partial charge is 0.0314 e. The molecule has 0 amide bonds. The second-order valence-corrected chi connectivity index (χ2v) is 3.87. The molecule has 1 aromatic carbocycles. The molecule has 1 nitrogen and oxygen atoms in total. The Morgan fingerprint density at radius 1 is 1.00 bits per heavy atom. The van der Waals surface area contributed by atoms with Crippen LogP contribution in [0, 0.1) is 0 Å². The lowest BCUT2D eigenvalue weighted by Gasteiger charge is -2.18. The molecule has 68 valence electrons. The molecule has 0 spiro atoms. The third-order valence-corrected chi connectivity index (χ3v) is 1.78. The minimum atomic E-state index is 0. The lowest BCUT2D eigenvalue weighted by Crippen LogP contribution is -2.10. The van der Waals surface area contributed by atoms with Gasteiger partial charge in [0.25, 0.3) is 0 Å². The summed E-state index contributed by atoms with van der Waals surface area (Å²) in [4.78, 5) is 0. The first-order valence-electron chi connectivity index (χ1n) is 3.86. The predicted octanol–water partition coefficient (Wildman–Crippen LogP) is 3.14. The van der Waals surface area contributed by atoms with Crippen molar-refractivity contribution in [1.29, 1.82) is 0 Å². The fourth-order valence-corrected chi connectivity index (χ4v) is 0.983. The Morgan fingerprint density at radius 3 is 1.75 bits per heavy atom. The van der Waals surface area contributed by atoms with E-state index < -0.39 is 0 Å². The molecule has 0 saturated carbocycles. The van der Waals surface area contributed by atoms with Gasteiger partial charge in [0.15, 0.2) is 0 Å². The molecule has 0 radical (unpaired) electrons. The molecule has 0 aromatic heterocycles.